The molecule has 0 spiro atoms. The monoisotopic (exact) mass is 225 g/mol. The van der Waals surface area contributed by atoms with Gasteiger partial charge in [-0.25, -0.2) is 0 Å². The average molecular weight is 225 g/mol. The zero-order valence-electron chi connectivity index (χ0n) is 10.4. The van der Waals surface area contributed by atoms with Gasteiger partial charge >= 0.3 is 0 Å². The van der Waals surface area contributed by atoms with Crippen molar-refractivity contribution in [3.05, 3.63) is 11.6 Å². The molecule has 90 valence electrons. The van der Waals surface area contributed by atoms with Gasteiger partial charge in [0.1, 0.15) is 0 Å². The topological polar surface area (TPSA) is 46.6 Å². The Bertz CT molecular complexity index is 331. The number of amides is 2. The highest BCUT2D eigenvalue weighted by Crippen LogP contribution is 2.24. The molecule has 0 fully saturated rings. The lowest BCUT2D eigenvalue weighted by atomic mass is 9.89. The Labute approximate surface area is 96.3 Å². The van der Waals surface area contributed by atoms with Gasteiger partial charge in [-0.1, -0.05) is 13.8 Å². The lowest BCUT2D eigenvalue weighted by molar-refractivity contribution is -0.139. The molecule has 4 heteroatoms. The summed E-state index contributed by atoms with van der Waals surface area (Å²) < 4.78 is 5.02. The van der Waals surface area contributed by atoms with Crippen molar-refractivity contribution in [3.8, 4) is 0 Å². The van der Waals surface area contributed by atoms with Gasteiger partial charge in [-0.15, -0.1) is 0 Å². The summed E-state index contributed by atoms with van der Waals surface area (Å²) in [6.07, 6.45) is 2.22. The summed E-state index contributed by atoms with van der Waals surface area (Å²) in [6.45, 7) is 6.81. The van der Waals surface area contributed by atoms with Crippen LogP contribution in [0.25, 0.3) is 0 Å². The number of rotatable bonds is 5. The van der Waals surface area contributed by atoms with Gasteiger partial charge in [0.05, 0.1) is 0 Å². The van der Waals surface area contributed by atoms with Crippen LogP contribution in [0.15, 0.2) is 11.6 Å². The molecule has 4 nitrogen and oxygen atoms in total. The summed E-state index contributed by atoms with van der Waals surface area (Å²) in [4.78, 5) is 24.5. The largest absolute Gasteiger partial charge is 0.385 e. The van der Waals surface area contributed by atoms with Crippen LogP contribution >= 0.6 is 0 Å². The first-order valence-electron chi connectivity index (χ1n) is 5.40. The summed E-state index contributed by atoms with van der Waals surface area (Å²) in [5, 5.41) is 0. The molecular formula is C12H19NO3. The molecule has 0 radical (unpaired) electrons. The first-order valence-corrected chi connectivity index (χ1v) is 5.40. The second kappa shape index (κ2) is 4.78. The number of ether oxygens (including phenoxy) is 1. The smallest absolute Gasteiger partial charge is 0.256 e. The molecule has 0 aromatic rings. The fraction of sp³-hybridized carbons (Fsp3) is 0.667. The number of nitrogens with zero attached hydrogens (tertiary/aromatic N) is 1. The van der Waals surface area contributed by atoms with E-state index in [1.807, 2.05) is 13.8 Å². The van der Waals surface area contributed by atoms with E-state index in [0.717, 1.165) is 6.42 Å². The highest BCUT2D eigenvalue weighted by atomic mass is 16.5. The van der Waals surface area contributed by atoms with Gasteiger partial charge < -0.3 is 4.74 Å². The third-order valence-corrected chi connectivity index (χ3v) is 2.76. The van der Waals surface area contributed by atoms with E-state index in [-0.39, 0.29) is 17.2 Å². The molecule has 16 heavy (non-hydrogen) atoms. The van der Waals surface area contributed by atoms with Gasteiger partial charge in [-0.2, -0.15) is 0 Å². The molecule has 1 rings (SSSR count). The highest BCUT2D eigenvalue weighted by Gasteiger charge is 2.33. The minimum Gasteiger partial charge on any atom is -0.385 e. The quantitative estimate of drug-likeness (QED) is 0.664. The predicted molar refractivity (Wildman–Crippen MR) is 60.8 cm³/mol. The fourth-order valence-electron chi connectivity index (χ4n) is 1.67. The summed E-state index contributed by atoms with van der Waals surface area (Å²) in [5.41, 5.74) is 0.410. The van der Waals surface area contributed by atoms with Gasteiger partial charge in [-0.05, 0) is 18.8 Å². The van der Waals surface area contributed by atoms with Gasteiger partial charge in [0, 0.05) is 31.9 Å². The maximum Gasteiger partial charge on any atom is 0.256 e. The van der Waals surface area contributed by atoms with Crippen LogP contribution in [0.5, 0.6) is 0 Å². The molecule has 0 bridgehead atoms. The molecule has 0 aliphatic carbocycles. The van der Waals surface area contributed by atoms with Gasteiger partial charge in [0.2, 0.25) is 0 Å². The molecule has 0 aromatic heterocycles. The number of methoxy groups -OCH3 is 1. The van der Waals surface area contributed by atoms with Gasteiger partial charge in [-0.3, -0.25) is 14.5 Å². The van der Waals surface area contributed by atoms with E-state index in [9.17, 15) is 9.59 Å². The SMILES string of the molecule is COCCC(C)(C)CN1C(=O)C=C(C)C1=O. The lowest BCUT2D eigenvalue weighted by Gasteiger charge is -2.29. The van der Waals surface area contributed by atoms with Crippen LogP contribution < -0.4 is 0 Å². The van der Waals surface area contributed by atoms with Crippen LogP contribution in [0.3, 0.4) is 0 Å². The Hall–Kier alpha value is -1.16. The summed E-state index contributed by atoms with van der Waals surface area (Å²) in [5.74, 6) is -0.372. The molecule has 1 aliphatic heterocycles. The zero-order chi connectivity index (χ0) is 12.3. The van der Waals surface area contributed by atoms with Crippen molar-refractivity contribution in [2.75, 3.05) is 20.3 Å². The number of hydrogen-bond donors (Lipinski definition) is 0. The van der Waals surface area contributed by atoms with Gasteiger partial charge in [0.15, 0.2) is 0 Å². The van der Waals surface area contributed by atoms with E-state index in [1.54, 1.807) is 14.0 Å². The lowest BCUT2D eigenvalue weighted by Crippen LogP contribution is -2.39. The van der Waals surface area contributed by atoms with Crippen molar-refractivity contribution < 1.29 is 14.3 Å². The van der Waals surface area contributed by atoms with Crippen molar-refractivity contribution in [3.63, 3.8) is 0 Å². The van der Waals surface area contributed by atoms with Crippen LogP contribution in [0.4, 0.5) is 0 Å². The number of carbonyl (C=O) groups is 2. The molecule has 2 amide bonds. The summed E-state index contributed by atoms with van der Waals surface area (Å²) >= 11 is 0. The molecular weight excluding hydrogens is 206 g/mol. The van der Waals surface area contributed by atoms with E-state index in [1.165, 1.54) is 11.0 Å². The van der Waals surface area contributed by atoms with Crippen molar-refractivity contribution in [2.24, 2.45) is 5.41 Å². The minimum absolute atomic E-state index is 0.111. The van der Waals surface area contributed by atoms with Crippen molar-refractivity contribution in [1.29, 1.82) is 0 Å². The van der Waals surface area contributed by atoms with Crippen LogP contribution in [-0.4, -0.2) is 37.0 Å². The first-order chi connectivity index (χ1) is 7.37. The maximum atomic E-state index is 11.7. The third kappa shape index (κ3) is 2.92. The van der Waals surface area contributed by atoms with E-state index in [0.29, 0.717) is 18.7 Å². The molecule has 0 saturated carbocycles. The number of imide groups is 1. The second-order valence-corrected chi connectivity index (χ2v) is 4.96. The Balaban J connectivity index is 2.61. The van der Waals surface area contributed by atoms with Crippen molar-refractivity contribution in [2.45, 2.75) is 27.2 Å². The molecule has 0 atom stereocenters. The average Bonchev–Trinajstić information content (AvgIpc) is 2.42. The van der Waals surface area contributed by atoms with E-state index in [4.69, 9.17) is 4.74 Å². The van der Waals surface area contributed by atoms with Gasteiger partial charge in [0.25, 0.3) is 11.8 Å². The summed E-state index contributed by atoms with van der Waals surface area (Å²) in [6, 6.07) is 0. The normalized spacial score (nSPS) is 17.0. The first kappa shape index (κ1) is 12.9. The Morgan fingerprint density at radius 1 is 1.38 bits per heavy atom. The molecule has 1 aliphatic rings. The predicted octanol–water partition coefficient (Wildman–Crippen LogP) is 1.36. The maximum absolute atomic E-state index is 11.7. The fourth-order valence-corrected chi connectivity index (χ4v) is 1.67. The second-order valence-electron chi connectivity index (χ2n) is 4.96. The van der Waals surface area contributed by atoms with Crippen molar-refractivity contribution >= 4 is 11.8 Å². The number of hydrogen-bond acceptors (Lipinski definition) is 3. The van der Waals surface area contributed by atoms with E-state index < -0.39 is 0 Å². The van der Waals surface area contributed by atoms with Crippen LogP contribution in [0, 0.1) is 5.41 Å². The summed E-state index contributed by atoms with van der Waals surface area (Å²) in [7, 11) is 1.65. The Morgan fingerprint density at radius 2 is 2.00 bits per heavy atom. The Kier molecular flexibility index (Phi) is 3.86. The Morgan fingerprint density at radius 3 is 2.44 bits per heavy atom. The zero-order valence-corrected chi connectivity index (χ0v) is 10.4. The highest BCUT2D eigenvalue weighted by molar-refractivity contribution is 6.15. The van der Waals surface area contributed by atoms with E-state index in [2.05, 4.69) is 0 Å². The van der Waals surface area contributed by atoms with Crippen LogP contribution in [-0.2, 0) is 14.3 Å². The minimum atomic E-state index is -0.201. The van der Waals surface area contributed by atoms with Crippen molar-refractivity contribution in [1.82, 2.24) is 4.90 Å². The standard InChI is InChI=1S/C12H19NO3/c1-9-7-10(14)13(11(9)15)8-12(2,3)5-6-16-4/h7H,5-6,8H2,1-4H3. The van der Waals surface area contributed by atoms with Crippen LogP contribution in [0.1, 0.15) is 27.2 Å². The number of carbonyl (C=O) groups excluding carboxylic acids is 2. The molecule has 0 N–H and O–H groups in total. The molecule has 1 heterocycles. The molecule has 0 aromatic carbocycles. The molecule has 0 saturated heterocycles. The van der Waals surface area contributed by atoms with Crippen LogP contribution in [0.2, 0.25) is 0 Å². The molecule has 0 unspecified atom stereocenters. The third-order valence-electron chi connectivity index (χ3n) is 2.76. The van der Waals surface area contributed by atoms with E-state index >= 15 is 0 Å².